The Morgan fingerprint density at radius 2 is 2.00 bits per heavy atom. The monoisotopic (exact) mass is 250 g/mol. The minimum atomic E-state index is -1.10. The lowest BCUT2D eigenvalue weighted by Crippen LogP contribution is -2.33. The van der Waals surface area contributed by atoms with Gasteiger partial charge in [0.15, 0.2) is 6.23 Å². The van der Waals surface area contributed by atoms with Crippen LogP contribution in [0.3, 0.4) is 0 Å². The van der Waals surface area contributed by atoms with Crippen molar-refractivity contribution in [3.8, 4) is 0 Å². The smallest absolute Gasteiger partial charge is 0.164 e. The molecule has 1 aromatic heterocycles. The highest BCUT2D eigenvalue weighted by molar-refractivity contribution is 5.75. The van der Waals surface area contributed by atoms with Crippen LogP contribution >= 0.6 is 0 Å². The molecule has 96 valence electrons. The Morgan fingerprint density at radius 3 is 2.72 bits per heavy atom. The fourth-order valence-electron chi connectivity index (χ4n) is 2.29. The number of aliphatic hydroxyl groups is 3. The second-order valence-corrected chi connectivity index (χ2v) is 4.37. The lowest BCUT2D eigenvalue weighted by molar-refractivity contribution is -0.0508. The first-order valence-electron chi connectivity index (χ1n) is 5.76. The van der Waals surface area contributed by atoms with E-state index in [1.165, 1.54) is 0 Å². The molecule has 1 aromatic carbocycles. The van der Waals surface area contributed by atoms with Crippen LogP contribution in [0, 0.1) is 0 Å². The number of ether oxygens (including phenoxy) is 1. The van der Waals surface area contributed by atoms with Gasteiger partial charge in [-0.25, -0.2) is 4.98 Å². The highest BCUT2D eigenvalue weighted by Gasteiger charge is 2.43. The summed E-state index contributed by atoms with van der Waals surface area (Å²) < 4.78 is 7.13. The Kier molecular flexibility index (Phi) is 2.79. The Bertz CT molecular complexity index is 556. The molecule has 6 heteroatoms. The Balaban J connectivity index is 2.00. The van der Waals surface area contributed by atoms with Crippen molar-refractivity contribution in [3.63, 3.8) is 0 Å². The third-order valence-corrected chi connectivity index (χ3v) is 3.27. The molecule has 18 heavy (non-hydrogen) atoms. The molecule has 2 aromatic rings. The summed E-state index contributed by atoms with van der Waals surface area (Å²) in [5.74, 6) is 0. The molecule has 0 bridgehead atoms. The summed E-state index contributed by atoms with van der Waals surface area (Å²) >= 11 is 0. The second kappa shape index (κ2) is 4.33. The number of rotatable bonds is 2. The van der Waals surface area contributed by atoms with E-state index in [2.05, 4.69) is 4.98 Å². The maximum absolute atomic E-state index is 9.96. The zero-order chi connectivity index (χ0) is 12.7. The van der Waals surface area contributed by atoms with Gasteiger partial charge in [0.2, 0.25) is 0 Å². The van der Waals surface area contributed by atoms with Crippen LogP contribution in [0.1, 0.15) is 6.23 Å². The first-order valence-corrected chi connectivity index (χ1v) is 5.76. The molecule has 3 N–H and O–H groups in total. The zero-order valence-electron chi connectivity index (χ0n) is 9.55. The molecular weight excluding hydrogens is 236 g/mol. The summed E-state index contributed by atoms with van der Waals surface area (Å²) in [4.78, 5) is 4.20. The quantitative estimate of drug-likeness (QED) is 0.678. The van der Waals surface area contributed by atoms with Gasteiger partial charge in [0.05, 0.1) is 24.0 Å². The van der Waals surface area contributed by atoms with E-state index in [1.54, 1.807) is 10.9 Å². The Hall–Kier alpha value is -1.47. The third kappa shape index (κ3) is 1.62. The molecule has 0 spiro atoms. The highest BCUT2D eigenvalue weighted by atomic mass is 16.6. The molecule has 2 heterocycles. The molecule has 0 aliphatic carbocycles. The van der Waals surface area contributed by atoms with Gasteiger partial charge in [-0.15, -0.1) is 0 Å². The number of para-hydroxylation sites is 2. The molecule has 6 nitrogen and oxygen atoms in total. The van der Waals surface area contributed by atoms with Gasteiger partial charge < -0.3 is 24.6 Å². The summed E-state index contributed by atoms with van der Waals surface area (Å²) in [6.07, 6.45) is -2.12. The minimum absolute atomic E-state index is 0.332. The first kappa shape index (κ1) is 11.6. The number of fused-ring (bicyclic) bond motifs is 1. The highest BCUT2D eigenvalue weighted by Crippen LogP contribution is 2.31. The molecule has 0 radical (unpaired) electrons. The predicted molar refractivity (Wildman–Crippen MR) is 62.7 cm³/mol. The second-order valence-electron chi connectivity index (χ2n) is 4.37. The van der Waals surface area contributed by atoms with Gasteiger partial charge in [0.25, 0.3) is 0 Å². The van der Waals surface area contributed by atoms with Crippen molar-refractivity contribution in [1.29, 1.82) is 0 Å². The lowest BCUT2D eigenvalue weighted by atomic mass is 10.1. The van der Waals surface area contributed by atoms with Crippen molar-refractivity contribution in [2.24, 2.45) is 0 Å². The van der Waals surface area contributed by atoms with Crippen LogP contribution < -0.4 is 0 Å². The summed E-state index contributed by atoms with van der Waals surface area (Å²) in [6.45, 7) is -0.332. The van der Waals surface area contributed by atoms with Crippen LogP contribution in [-0.2, 0) is 4.74 Å². The normalized spacial score (nSPS) is 32.2. The van der Waals surface area contributed by atoms with Crippen molar-refractivity contribution < 1.29 is 20.1 Å². The van der Waals surface area contributed by atoms with E-state index in [1.807, 2.05) is 24.3 Å². The van der Waals surface area contributed by atoms with Gasteiger partial charge in [0, 0.05) is 0 Å². The average Bonchev–Trinajstić information content (AvgIpc) is 2.93. The van der Waals surface area contributed by atoms with E-state index >= 15 is 0 Å². The van der Waals surface area contributed by atoms with Crippen molar-refractivity contribution in [2.45, 2.75) is 24.5 Å². The van der Waals surface area contributed by atoms with Crippen LogP contribution in [0.25, 0.3) is 11.0 Å². The number of aliphatic hydroxyl groups excluding tert-OH is 3. The van der Waals surface area contributed by atoms with Crippen LogP contribution in [0.15, 0.2) is 30.6 Å². The molecule has 0 saturated carbocycles. The van der Waals surface area contributed by atoms with Gasteiger partial charge >= 0.3 is 0 Å². The number of hydrogen-bond acceptors (Lipinski definition) is 5. The molecule has 4 atom stereocenters. The van der Waals surface area contributed by atoms with Crippen LogP contribution in [0.5, 0.6) is 0 Å². The summed E-state index contributed by atoms with van der Waals surface area (Å²) in [6, 6.07) is 7.45. The average molecular weight is 250 g/mol. The van der Waals surface area contributed by atoms with Crippen LogP contribution in [0.4, 0.5) is 0 Å². The molecule has 0 unspecified atom stereocenters. The number of nitrogens with zero attached hydrogens (tertiary/aromatic N) is 2. The third-order valence-electron chi connectivity index (χ3n) is 3.27. The standard InChI is InChI=1S/C12H14N2O4/c15-5-9-10(16)11(17)12(18-9)14-6-13-7-3-1-2-4-8(7)14/h1-4,6,9-12,15-17H,5H2/t9-,10+,11+,12-/m0/s1. The van der Waals surface area contributed by atoms with E-state index in [-0.39, 0.29) is 6.61 Å². The van der Waals surface area contributed by atoms with Crippen molar-refractivity contribution in [3.05, 3.63) is 30.6 Å². The fourth-order valence-corrected chi connectivity index (χ4v) is 2.29. The maximum atomic E-state index is 9.96. The Labute approximate surface area is 103 Å². The van der Waals surface area contributed by atoms with Crippen molar-refractivity contribution in [2.75, 3.05) is 6.61 Å². The fraction of sp³-hybridized carbons (Fsp3) is 0.417. The molecule has 1 saturated heterocycles. The van der Waals surface area contributed by atoms with Crippen molar-refractivity contribution >= 4 is 11.0 Å². The van der Waals surface area contributed by atoms with Crippen LogP contribution in [-0.4, -0.2) is 49.8 Å². The molecular formula is C12H14N2O4. The summed E-state index contributed by atoms with van der Waals surface area (Å²) in [7, 11) is 0. The number of imidazole rings is 1. The molecule has 3 rings (SSSR count). The SMILES string of the molecule is OC[C@@H]1O[C@H](n2cnc3ccccc32)[C@H](O)[C@@H]1O. The van der Waals surface area contributed by atoms with Gasteiger partial charge in [-0.3, -0.25) is 0 Å². The predicted octanol–water partition coefficient (Wildman–Crippen LogP) is -0.352. The largest absolute Gasteiger partial charge is 0.394 e. The minimum Gasteiger partial charge on any atom is -0.394 e. The summed E-state index contributed by atoms with van der Waals surface area (Å²) in [5, 5.41) is 28.7. The van der Waals surface area contributed by atoms with Gasteiger partial charge in [0.1, 0.15) is 18.3 Å². The first-order chi connectivity index (χ1) is 8.72. The van der Waals surface area contributed by atoms with Gasteiger partial charge in [-0.05, 0) is 12.1 Å². The van der Waals surface area contributed by atoms with E-state index < -0.39 is 24.5 Å². The summed E-state index contributed by atoms with van der Waals surface area (Å²) in [5.41, 5.74) is 1.60. The maximum Gasteiger partial charge on any atom is 0.164 e. The number of aromatic nitrogens is 2. The molecule has 0 amide bonds. The molecule has 1 fully saturated rings. The van der Waals surface area contributed by atoms with Gasteiger partial charge in [-0.2, -0.15) is 0 Å². The van der Waals surface area contributed by atoms with Gasteiger partial charge in [-0.1, -0.05) is 12.1 Å². The van der Waals surface area contributed by atoms with Crippen molar-refractivity contribution in [1.82, 2.24) is 9.55 Å². The van der Waals surface area contributed by atoms with Crippen LogP contribution in [0.2, 0.25) is 0 Å². The lowest BCUT2D eigenvalue weighted by Gasteiger charge is -2.16. The van der Waals surface area contributed by atoms with E-state index in [9.17, 15) is 10.2 Å². The zero-order valence-corrected chi connectivity index (χ0v) is 9.55. The van der Waals surface area contributed by atoms with E-state index in [4.69, 9.17) is 9.84 Å². The number of benzene rings is 1. The van der Waals surface area contributed by atoms with E-state index in [0.717, 1.165) is 11.0 Å². The topological polar surface area (TPSA) is 87.7 Å². The number of hydrogen-bond donors (Lipinski definition) is 3. The van der Waals surface area contributed by atoms with E-state index in [0.29, 0.717) is 0 Å². The molecule has 1 aliphatic rings. The molecule has 1 aliphatic heterocycles. The Morgan fingerprint density at radius 1 is 1.22 bits per heavy atom.